The number of benzene rings is 1. The molecule has 8 heteroatoms. The maximum atomic E-state index is 12.4. The number of carbonyl (C=O) groups is 1. The fourth-order valence-electron chi connectivity index (χ4n) is 4.16. The van der Waals surface area contributed by atoms with E-state index in [-0.39, 0.29) is 17.0 Å². The third-order valence-corrected chi connectivity index (χ3v) is 7.09. The van der Waals surface area contributed by atoms with Crippen LogP contribution in [0.4, 0.5) is 0 Å². The molecule has 29 heavy (non-hydrogen) atoms. The molecule has 0 bridgehead atoms. The van der Waals surface area contributed by atoms with Crippen LogP contribution < -0.4 is 10.9 Å². The van der Waals surface area contributed by atoms with Crippen molar-refractivity contribution in [3.63, 3.8) is 0 Å². The van der Waals surface area contributed by atoms with E-state index < -0.39 is 0 Å². The van der Waals surface area contributed by atoms with E-state index in [0.29, 0.717) is 42.5 Å². The zero-order chi connectivity index (χ0) is 20.1. The van der Waals surface area contributed by atoms with Crippen LogP contribution in [0.5, 0.6) is 0 Å². The number of H-pyrrole nitrogens is 1. The standard InChI is InChI=1S/C21H28N4O3S/c26-19(22-14-21(8-13-29-15-21)25-9-11-28-12-10-25)7-3-6-18-23-17-5-2-1-4-16(17)20(27)24-18/h1-2,4-5H,3,6-15H2,(H,22,26)(H,23,24,27). The van der Waals surface area contributed by atoms with Gasteiger partial charge in [-0.1, -0.05) is 12.1 Å². The number of ether oxygens (including phenoxy) is 1. The minimum atomic E-state index is -0.124. The van der Waals surface area contributed by atoms with E-state index >= 15 is 0 Å². The van der Waals surface area contributed by atoms with E-state index in [0.717, 1.165) is 44.2 Å². The highest BCUT2D eigenvalue weighted by Crippen LogP contribution is 2.33. The number of aryl methyl sites for hydroxylation is 1. The summed E-state index contributed by atoms with van der Waals surface area (Å²) in [5.41, 5.74) is 0.637. The van der Waals surface area contributed by atoms with Gasteiger partial charge in [0, 0.05) is 43.8 Å². The molecule has 1 unspecified atom stereocenters. The van der Waals surface area contributed by atoms with Gasteiger partial charge in [0.1, 0.15) is 5.82 Å². The zero-order valence-electron chi connectivity index (χ0n) is 16.6. The summed E-state index contributed by atoms with van der Waals surface area (Å²) in [7, 11) is 0. The Morgan fingerprint density at radius 3 is 2.93 bits per heavy atom. The molecular weight excluding hydrogens is 388 g/mol. The highest BCUT2D eigenvalue weighted by molar-refractivity contribution is 7.99. The molecule has 156 valence electrons. The molecular formula is C21H28N4O3S. The summed E-state index contributed by atoms with van der Waals surface area (Å²) in [6, 6.07) is 7.31. The molecule has 7 nitrogen and oxygen atoms in total. The van der Waals surface area contributed by atoms with E-state index in [4.69, 9.17) is 4.74 Å². The van der Waals surface area contributed by atoms with Crippen LogP contribution in [0.2, 0.25) is 0 Å². The van der Waals surface area contributed by atoms with Gasteiger partial charge < -0.3 is 15.0 Å². The van der Waals surface area contributed by atoms with Gasteiger partial charge in [-0.2, -0.15) is 11.8 Å². The van der Waals surface area contributed by atoms with E-state index in [9.17, 15) is 9.59 Å². The molecule has 3 heterocycles. The zero-order valence-corrected chi connectivity index (χ0v) is 17.4. The molecule has 2 N–H and O–H groups in total. The first-order valence-corrected chi connectivity index (χ1v) is 11.5. The van der Waals surface area contributed by atoms with E-state index in [1.807, 2.05) is 30.0 Å². The largest absolute Gasteiger partial charge is 0.379 e. The Bertz CT molecular complexity index is 904. The van der Waals surface area contributed by atoms with Crippen LogP contribution in [0.25, 0.3) is 10.9 Å². The van der Waals surface area contributed by atoms with Gasteiger partial charge in [-0.3, -0.25) is 14.5 Å². The van der Waals surface area contributed by atoms with Crippen LogP contribution >= 0.6 is 11.8 Å². The molecule has 0 radical (unpaired) electrons. The number of nitrogens with zero attached hydrogens (tertiary/aromatic N) is 2. The predicted octanol–water partition coefficient (Wildman–Crippen LogP) is 1.57. The second-order valence-corrected chi connectivity index (χ2v) is 8.89. The number of thioether (sulfide) groups is 1. The average molecular weight is 417 g/mol. The topological polar surface area (TPSA) is 87.3 Å². The first-order chi connectivity index (χ1) is 14.2. The van der Waals surface area contributed by atoms with Crippen LogP contribution in [0, 0.1) is 0 Å². The summed E-state index contributed by atoms with van der Waals surface area (Å²) >= 11 is 1.97. The Kier molecular flexibility index (Phi) is 6.52. The monoisotopic (exact) mass is 416 g/mol. The Hall–Kier alpha value is -1.90. The van der Waals surface area contributed by atoms with Crippen LogP contribution in [-0.4, -0.2) is 70.7 Å². The SMILES string of the molecule is O=C(CCCc1nc2ccccc2c(=O)[nH]1)NCC1(N2CCOCC2)CCSC1. The number of carbonyl (C=O) groups excluding carboxylic acids is 1. The van der Waals surface area contributed by atoms with Gasteiger partial charge in [0.15, 0.2) is 0 Å². The van der Waals surface area contributed by atoms with Crippen LogP contribution in [0.1, 0.15) is 25.1 Å². The number of rotatable bonds is 7. The van der Waals surface area contributed by atoms with E-state index in [2.05, 4.69) is 20.2 Å². The van der Waals surface area contributed by atoms with Crippen LogP contribution in [0.15, 0.2) is 29.1 Å². The van der Waals surface area contributed by atoms with Gasteiger partial charge >= 0.3 is 0 Å². The summed E-state index contributed by atoms with van der Waals surface area (Å²) in [5.74, 6) is 2.92. The van der Waals surface area contributed by atoms with Gasteiger partial charge in [-0.25, -0.2) is 4.98 Å². The molecule has 2 aliphatic heterocycles. The molecule has 1 aromatic carbocycles. The number of hydrogen-bond acceptors (Lipinski definition) is 6. The molecule has 1 atom stereocenters. The Labute approximate surface area is 174 Å². The molecule has 4 rings (SSSR count). The average Bonchev–Trinajstić information content (AvgIpc) is 3.23. The van der Waals surface area contributed by atoms with E-state index in [1.165, 1.54) is 0 Å². The van der Waals surface area contributed by atoms with Gasteiger partial charge in [0.05, 0.1) is 24.1 Å². The second kappa shape index (κ2) is 9.28. The van der Waals surface area contributed by atoms with E-state index in [1.54, 1.807) is 6.07 Å². The molecule has 0 spiro atoms. The van der Waals surface area contributed by atoms with Crippen molar-refractivity contribution in [1.29, 1.82) is 0 Å². The number of nitrogens with one attached hydrogen (secondary N) is 2. The molecule has 0 aliphatic carbocycles. The number of aromatic amines is 1. The second-order valence-electron chi connectivity index (χ2n) is 7.79. The summed E-state index contributed by atoms with van der Waals surface area (Å²) in [4.78, 5) is 34.4. The van der Waals surface area contributed by atoms with Crippen molar-refractivity contribution < 1.29 is 9.53 Å². The summed E-state index contributed by atoms with van der Waals surface area (Å²) in [5, 5.41) is 3.76. The van der Waals surface area contributed by atoms with Crippen molar-refractivity contribution in [2.24, 2.45) is 0 Å². The maximum absolute atomic E-state index is 12.4. The van der Waals surface area contributed by atoms with Crippen molar-refractivity contribution in [2.75, 3.05) is 44.4 Å². The fourth-order valence-corrected chi connectivity index (χ4v) is 5.63. The summed E-state index contributed by atoms with van der Waals surface area (Å²) in [6.07, 6.45) is 2.79. The minimum Gasteiger partial charge on any atom is -0.379 e. The van der Waals surface area contributed by atoms with Gasteiger partial charge in [0.2, 0.25) is 5.91 Å². The van der Waals surface area contributed by atoms with Crippen molar-refractivity contribution in [2.45, 2.75) is 31.2 Å². The van der Waals surface area contributed by atoms with Crippen LogP contribution in [0.3, 0.4) is 0 Å². The predicted molar refractivity (Wildman–Crippen MR) is 115 cm³/mol. The molecule has 2 saturated heterocycles. The third kappa shape index (κ3) is 4.82. The van der Waals surface area contributed by atoms with Gasteiger partial charge in [-0.05, 0) is 30.7 Å². The molecule has 2 fully saturated rings. The molecule has 2 aliphatic rings. The molecule has 0 saturated carbocycles. The number of hydrogen-bond donors (Lipinski definition) is 2. The first kappa shape index (κ1) is 20.4. The third-order valence-electron chi connectivity index (χ3n) is 5.86. The first-order valence-electron chi connectivity index (χ1n) is 10.3. The van der Waals surface area contributed by atoms with Gasteiger partial charge in [-0.15, -0.1) is 0 Å². The number of morpholine rings is 1. The van der Waals surface area contributed by atoms with Gasteiger partial charge in [0.25, 0.3) is 5.56 Å². The summed E-state index contributed by atoms with van der Waals surface area (Å²) in [6.45, 7) is 4.13. The van der Waals surface area contributed by atoms with Crippen LogP contribution in [-0.2, 0) is 16.0 Å². The lowest BCUT2D eigenvalue weighted by molar-refractivity contribution is -0.122. The van der Waals surface area contributed by atoms with Crippen molar-refractivity contribution >= 4 is 28.6 Å². The molecule has 1 aromatic heterocycles. The number of fused-ring (bicyclic) bond motifs is 1. The maximum Gasteiger partial charge on any atom is 0.258 e. The number of amides is 1. The number of para-hydroxylation sites is 1. The van der Waals surface area contributed by atoms with Crippen molar-refractivity contribution in [3.05, 3.63) is 40.4 Å². The van der Waals surface area contributed by atoms with Crippen molar-refractivity contribution in [1.82, 2.24) is 20.2 Å². The quantitative estimate of drug-likeness (QED) is 0.713. The highest BCUT2D eigenvalue weighted by atomic mass is 32.2. The Morgan fingerprint density at radius 2 is 2.14 bits per heavy atom. The number of aromatic nitrogens is 2. The fraction of sp³-hybridized carbons (Fsp3) is 0.571. The molecule has 2 aromatic rings. The normalized spacial score (nSPS) is 22.8. The van der Waals surface area contributed by atoms with Crippen molar-refractivity contribution in [3.8, 4) is 0 Å². The highest BCUT2D eigenvalue weighted by Gasteiger charge is 2.40. The Morgan fingerprint density at radius 1 is 1.31 bits per heavy atom. The lowest BCUT2D eigenvalue weighted by atomic mass is 9.95. The molecule has 1 amide bonds. The Balaban J connectivity index is 1.28. The smallest absolute Gasteiger partial charge is 0.258 e. The lowest BCUT2D eigenvalue weighted by Gasteiger charge is -2.43. The minimum absolute atomic E-state index is 0.0647. The summed E-state index contributed by atoms with van der Waals surface area (Å²) < 4.78 is 5.49. The lowest BCUT2D eigenvalue weighted by Crippen LogP contribution is -2.59.